The fourth-order valence-corrected chi connectivity index (χ4v) is 3.49. The van der Waals surface area contributed by atoms with Crippen LogP contribution in [0.4, 0.5) is 0 Å². The molecule has 1 amide bonds. The summed E-state index contributed by atoms with van der Waals surface area (Å²) in [4.78, 5) is 24.8. The molecule has 8 heteroatoms. The summed E-state index contributed by atoms with van der Waals surface area (Å²) in [5, 5.41) is 11.8. The Morgan fingerprint density at radius 2 is 2.19 bits per heavy atom. The van der Waals surface area contributed by atoms with Crippen LogP contribution in [0.3, 0.4) is 0 Å². The molecular formula is C19H30N6O2. The Balaban J connectivity index is 1.52. The van der Waals surface area contributed by atoms with Gasteiger partial charge in [-0.25, -0.2) is 9.48 Å². The van der Waals surface area contributed by atoms with Gasteiger partial charge in [0, 0.05) is 50.9 Å². The van der Waals surface area contributed by atoms with Gasteiger partial charge in [0.15, 0.2) is 0 Å². The van der Waals surface area contributed by atoms with E-state index in [4.69, 9.17) is 0 Å². The van der Waals surface area contributed by atoms with E-state index in [0.717, 1.165) is 37.2 Å². The Hall–Kier alpha value is -2.38. The first-order valence-corrected chi connectivity index (χ1v) is 9.86. The van der Waals surface area contributed by atoms with Gasteiger partial charge in [0.25, 0.3) is 0 Å². The minimum absolute atomic E-state index is 0.0196. The highest BCUT2D eigenvalue weighted by Gasteiger charge is 2.22. The largest absolute Gasteiger partial charge is 0.353 e. The second kappa shape index (κ2) is 8.54. The molecule has 3 rings (SSSR count). The molecule has 0 radical (unpaired) electrons. The van der Waals surface area contributed by atoms with Crippen LogP contribution >= 0.6 is 0 Å². The normalized spacial score (nSPS) is 17.0. The van der Waals surface area contributed by atoms with Crippen LogP contribution < -0.4 is 11.0 Å². The highest BCUT2D eigenvalue weighted by molar-refractivity contribution is 5.76. The molecule has 0 fully saturated rings. The summed E-state index contributed by atoms with van der Waals surface area (Å²) in [5.41, 5.74) is 1.03. The second-order valence-electron chi connectivity index (χ2n) is 7.79. The molecule has 27 heavy (non-hydrogen) atoms. The maximum absolute atomic E-state index is 12.5. The van der Waals surface area contributed by atoms with E-state index in [0.29, 0.717) is 31.8 Å². The zero-order valence-corrected chi connectivity index (χ0v) is 16.5. The number of carbonyl (C=O) groups is 1. The van der Waals surface area contributed by atoms with Gasteiger partial charge in [-0.05, 0) is 37.7 Å². The number of aryl methyl sites for hydroxylation is 4. The van der Waals surface area contributed by atoms with E-state index >= 15 is 0 Å². The Labute approximate surface area is 159 Å². The number of amides is 1. The Morgan fingerprint density at radius 3 is 2.89 bits per heavy atom. The number of hydrogen-bond acceptors (Lipinski definition) is 4. The van der Waals surface area contributed by atoms with Crippen LogP contribution in [0.2, 0.25) is 0 Å². The fourth-order valence-electron chi connectivity index (χ4n) is 3.49. The monoisotopic (exact) mass is 374 g/mol. The quantitative estimate of drug-likeness (QED) is 0.791. The third kappa shape index (κ3) is 4.87. The van der Waals surface area contributed by atoms with E-state index in [9.17, 15) is 9.59 Å². The number of rotatable bonds is 7. The molecule has 0 aliphatic carbocycles. The van der Waals surface area contributed by atoms with Crippen molar-refractivity contribution in [1.82, 2.24) is 29.4 Å². The standard InChI is InChI=1S/C19H30N6O2/c1-14(2)9-13-25-19(27)24-12-10-15(4-6-17(24)22-25)21-18(26)7-5-16-8-11-20-23(16)3/h8,11,14-15H,4-7,9-10,12-13H2,1-3H3,(H,21,26). The van der Waals surface area contributed by atoms with Crippen molar-refractivity contribution in [2.45, 2.75) is 71.5 Å². The smallest absolute Gasteiger partial charge is 0.345 e. The topological polar surface area (TPSA) is 86.7 Å². The van der Waals surface area contributed by atoms with Gasteiger partial charge in [0.05, 0.1) is 0 Å². The van der Waals surface area contributed by atoms with Crippen LogP contribution in [0, 0.1) is 5.92 Å². The van der Waals surface area contributed by atoms with E-state index in [2.05, 4.69) is 29.4 Å². The highest BCUT2D eigenvalue weighted by atomic mass is 16.2. The first-order chi connectivity index (χ1) is 12.9. The van der Waals surface area contributed by atoms with Gasteiger partial charge in [-0.2, -0.15) is 10.2 Å². The summed E-state index contributed by atoms with van der Waals surface area (Å²) in [7, 11) is 1.88. The Bertz CT molecular complexity index is 832. The Kier molecular flexibility index (Phi) is 6.13. The zero-order valence-electron chi connectivity index (χ0n) is 16.5. The van der Waals surface area contributed by atoms with Crippen LogP contribution in [0.1, 0.15) is 51.0 Å². The fraction of sp³-hybridized carbons (Fsp3) is 0.684. The van der Waals surface area contributed by atoms with Crippen molar-refractivity contribution >= 4 is 5.91 Å². The van der Waals surface area contributed by atoms with Crippen molar-refractivity contribution in [3.8, 4) is 0 Å². The SMILES string of the molecule is CC(C)CCn1nc2n(c1=O)CCC(NC(=O)CCc1ccnn1C)CC2. The summed E-state index contributed by atoms with van der Waals surface area (Å²) < 4.78 is 5.17. The van der Waals surface area contributed by atoms with E-state index < -0.39 is 0 Å². The molecule has 1 unspecified atom stereocenters. The molecule has 1 aliphatic heterocycles. The molecule has 0 saturated carbocycles. The second-order valence-corrected chi connectivity index (χ2v) is 7.79. The van der Waals surface area contributed by atoms with Gasteiger partial charge in [-0.15, -0.1) is 0 Å². The molecule has 0 saturated heterocycles. The predicted molar refractivity (Wildman–Crippen MR) is 102 cm³/mol. The molecule has 2 aromatic heterocycles. The van der Waals surface area contributed by atoms with Crippen molar-refractivity contribution in [3.63, 3.8) is 0 Å². The molecule has 1 atom stereocenters. The van der Waals surface area contributed by atoms with E-state index in [1.54, 1.807) is 20.1 Å². The number of hydrogen-bond donors (Lipinski definition) is 1. The number of carbonyl (C=O) groups excluding carboxylic acids is 1. The van der Waals surface area contributed by atoms with Crippen molar-refractivity contribution in [1.29, 1.82) is 0 Å². The highest BCUT2D eigenvalue weighted by Crippen LogP contribution is 2.13. The molecule has 1 N–H and O–H groups in total. The van der Waals surface area contributed by atoms with E-state index in [-0.39, 0.29) is 17.6 Å². The maximum Gasteiger partial charge on any atom is 0.345 e. The van der Waals surface area contributed by atoms with Gasteiger partial charge in [0.2, 0.25) is 5.91 Å². The van der Waals surface area contributed by atoms with Gasteiger partial charge in [0.1, 0.15) is 5.82 Å². The first-order valence-electron chi connectivity index (χ1n) is 9.86. The van der Waals surface area contributed by atoms with Crippen molar-refractivity contribution in [2.75, 3.05) is 0 Å². The van der Waals surface area contributed by atoms with Crippen LogP contribution in [-0.2, 0) is 37.8 Å². The number of aromatic nitrogens is 5. The molecule has 0 bridgehead atoms. The van der Waals surface area contributed by atoms with E-state index in [1.165, 1.54) is 0 Å². The summed E-state index contributed by atoms with van der Waals surface area (Å²) in [6.07, 6.45) is 6.12. The summed E-state index contributed by atoms with van der Waals surface area (Å²) in [5.74, 6) is 1.44. The molecule has 8 nitrogen and oxygen atoms in total. The first kappa shape index (κ1) is 19.4. The lowest BCUT2D eigenvalue weighted by molar-refractivity contribution is -0.121. The molecule has 1 aliphatic rings. The minimum atomic E-state index is -0.0196. The predicted octanol–water partition coefficient (Wildman–Crippen LogP) is 1.28. The lowest BCUT2D eigenvalue weighted by Gasteiger charge is -2.16. The van der Waals surface area contributed by atoms with Crippen molar-refractivity contribution in [2.24, 2.45) is 13.0 Å². The zero-order chi connectivity index (χ0) is 19.4. The minimum Gasteiger partial charge on any atom is -0.353 e. The average Bonchev–Trinajstić information content (AvgIpc) is 3.09. The molecular weight excluding hydrogens is 344 g/mol. The molecule has 148 valence electrons. The molecule has 3 heterocycles. The van der Waals surface area contributed by atoms with Gasteiger partial charge in [-0.1, -0.05) is 13.8 Å². The number of nitrogens with zero attached hydrogens (tertiary/aromatic N) is 5. The van der Waals surface area contributed by atoms with Gasteiger partial charge < -0.3 is 5.32 Å². The third-order valence-electron chi connectivity index (χ3n) is 5.23. The van der Waals surface area contributed by atoms with Gasteiger partial charge in [-0.3, -0.25) is 14.0 Å². The summed E-state index contributed by atoms with van der Waals surface area (Å²) in [6.45, 7) is 5.58. The van der Waals surface area contributed by atoms with Crippen LogP contribution in [-0.4, -0.2) is 36.1 Å². The van der Waals surface area contributed by atoms with Crippen molar-refractivity contribution in [3.05, 3.63) is 34.3 Å². The lowest BCUT2D eigenvalue weighted by Crippen LogP contribution is -2.36. The van der Waals surface area contributed by atoms with Gasteiger partial charge >= 0.3 is 5.69 Å². The Morgan fingerprint density at radius 1 is 1.37 bits per heavy atom. The molecule has 0 aromatic carbocycles. The summed E-state index contributed by atoms with van der Waals surface area (Å²) >= 11 is 0. The summed E-state index contributed by atoms with van der Waals surface area (Å²) in [6, 6.07) is 2.02. The maximum atomic E-state index is 12.5. The third-order valence-corrected chi connectivity index (χ3v) is 5.23. The number of nitrogens with one attached hydrogen (secondary N) is 1. The van der Waals surface area contributed by atoms with Crippen LogP contribution in [0.5, 0.6) is 0 Å². The average molecular weight is 374 g/mol. The van der Waals surface area contributed by atoms with Crippen LogP contribution in [0.15, 0.2) is 17.1 Å². The molecule has 2 aromatic rings. The van der Waals surface area contributed by atoms with E-state index in [1.807, 2.05) is 13.1 Å². The lowest BCUT2D eigenvalue weighted by atomic mass is 10.1. The van der Waals surface area contributed by atoms with Crippen molar-refractivity contribution < 1.29 is 4.79 Å². The van der Waals surface area contributed by atoms with Crippen LogP contribution in [0.25, 0.3) is 0 Å². The number of fused-ring (bicyclic) bond motifs is 1. The molecule has 0 spiro atoms.